The van der Waals surface area contributed by atoms with Gasteiger partial charge in [-0.2, -0.15) is 0 Å². The fourth-order valence-corrected chi connectivity index (χ4v) is 3.93. The molecule has 0 aliphatic carbocycles. The van der Waals surface area contributed by atoms with Crippen LogP contribution >= 0.6 is 35.0 Å². The number of nitrogens with one attached hydrogen (secondary N) is 1. The monoisotopic (exact) mass is 404 g/mol. The molecule has 2 rings (SSSR count). The molecule has 7 nitrogen and oxygen atoms in total. The number of halogens is 2. The van der Waals surface area contributed by atoms with Crippen LogP contribution in [-0.4, -0.2) is 45.8 Å². The molecule has 2 N–H and O–H groups in total. The molecule has 1 aromatic carbocycles. The van der Waals surface area contributed by atoms with Crippen LogP contribution in [-0.2, 0) is 19.2 Å². The number of aliphatic carboxylic acids is 1. The Morgan fingerprint density at radius 3 is 2.64 bits per heavy atom. The third-order valence-corrected chi connectivity index (χ3v) is 5.23. The fourth-order valence-electron chi connectivity index (χ4n) is 2.28. The smallest absolute Gasteiger partial charge is 0.327 e. The van der Waals surface area contributed by atoms with Gasteiger partial charge in [-0.25, -0.2) is 9.69 Å². The number of carboxylic acid groups (broad SMARTS) is 1. The summed E-state index contributed by atoms with van der Waals surface area (Å²) in [4.78, 5) is 47.9. The Bertz CT molecular complexity index is 743. The molecule has 0 saturated carbocycles. The summed E-state index contributed by atoms with van der Waals surface area (Å²) in [5, 5.41) is 11.2. The Hall–Kier alpha value is -1.77. The first-order valence-electron chi connectivity index (χ1n) is 7.14. The Morgan fingerprint density at radius 1 is 1.40 bits per heavy atom. The first-order valence-corrected chi connectivity index (χ1v) is 8.94. The van der Waals surface area contributed by atoms with Crippen molar-refractivity contribution in [1.82, 2.24) is 5.32 Å². The lowest BCUT2D eigenvalue weighted by Gasteiger charge is -2.17. The second-order valence-corrected chi connectivity index (χ2v) is 7.36. The van der Waals surface area contributed by atoms with Gasteiger partial charge >= 0.3 is 5.97 Å². The molecule has 25 heavy (non-hydrogen) atoms. The molecule has 1 aromatic rings. The summed E-state index contributed by atoms with van der Waals surface area (Å²) in [5.74, 6) is -2.65. The maximum Gasteiger partial charge on any atom is 0.327 e. The summed E-state index contributed by atoms with van der Waals surface area (Å²) >= 11 is 12.9. The number of nitrogens with zero attached hydrogens (tertiary/aromatic N) is 1. The van der Waals surface area contributed by atoms with E-state index >= 15 is 0 Å². The molecule has 2 unspecified atom stereocenters. The van der Waals surface area contributed by atoms with Crippen molar-refractivity contribution < 1.29 is 24.3 Å². The van der Waals surface area contributed by atoms with Crippen LogP contribution in [0.1, 0.15) is 13.3 Å². The average Bonchev–Trinajstić information content (AvgIpc) is 2.78. The number of hydrogen-bond donors (Lipinski definition) is 2. The van der Waals surface area contributed by atoms with Gasteiger partial charge in [0.2, 0.25) is 17.7 Å². The second kappa shape index (κ2) is 8.07. The van der Waals surface area contributed by atoms with Gasteiger partial charge in [0.1, 0.15) is 6.04 Å². The van der Waals surface area contributed by atoms with Crippen LogP contribution in [0.5, 0.6) is 0 Å². The van der Waals surface area contributed by atoms with Crippen LogP contribution in [0.25, 0.3) is 0 Å². The summed E-state index contributed by atoms with van der Waals surface area (Å²) < 4.78 is 0. The van der Waals surface area contributed by atoms with E-state index in [4.69, 9.17) is 28.3 Å². The van der Waals surface area contributed by atoms with Crippen molar-refractivity contribution in [3.05, 3.63) is 28.2 Å². The zero-order chi connectivity index (χ0) is 18.7. The number of hydrogen-bond acceptors (Lipinski definition) is 5. The molecule has 0 spiro atoms. The highest BCUT2D eigenvalue weighted by atomic mass is 35.5. The first-order chi connectivity index (χ1) is 11.7. The maximum atomic E-state index is 12.5. The number of carboxylic acids is 1. The van der Waals surface area contributed by atoms with E-state index in [1.165, 1.54) is 25.1 Å². The summed E-state index contributed by atoms with van der Waals surface area (Å²) in [6.45, 7) is 1.20. The minimum Gasteiger partial charge on any atom is -0.480 e. The van der Waals surface area contributed by atoms with E-state index in [1.54, 1.807) is 0 Å². The largest absolute Gasteiger partial charge is 0.480 e. The Morgan fingerprint density at radius 2 is 2.08 bits per heavy atom. The highest BCUT2D eigenvalue weighted by Crippen LogP contribution is 2.35. The molecular formula is C15H14Cl2N2O5S. The summed E-state index contributed by atoms with van der Waals surface area (Å²) in [7, 11) is 0. The SMILES string of the molecule is CC(=O)NC(CSC1CC(=O)N(c2ccc(Cl)cc2Cl)C1=O)C(=O)O. The van der Waals surface area contributed by atoms with Crippen molar-refractivity contribution in [2.24, 2.45) is 0 Å². The van der Waals surface area contributed by atoms with Gasteiger partial charge in [0.15, 0.2) is 0 Å². The third kappa shape index (κ3) is 4.65. The first kappa shape index (κ1) is 19.6. The van der Waals surface area contributed by atoms with Crippen LogP contribution in [0.15, 0.2) is 18.2 Å². The molecule has 1 heterocycles. The molecule has 10 heteroatoms. The number of thioether (sulfide) groups is 1. The molecule has 1 aliphatic rings. The van der Waals surface area contributed by atoms with E-state index in [0.717, 1.165) is 16.7 Å². The van der Waals surface area contributed by atoms with Gasteiger partial charge in [-0.1, -0.05) is 23.2 Å². The molecule has 0 bridgehead atoms. The number of carbonyl (C=O) groups excluding carboxylic acids is 3. The number of anilines is 1. The highest BCUT2D eigenvalue weighted by molar-refractivity contribution is 8.00. The maximum absolute atomic E-state index is 12.5. The van der Waals surface area contributed by atoms with Gasteiger partial charge in [-0.05, 0) is 18.2 Å². The van der Waals surface area contributed by atoms with E-state index in [9.17, 15) is 19.2 Å². The van der Waals surface area contributed by atoms with Crippen molar-refractivity contribution in [3.8, 4) is 0 Å². The molecular weight excluding hydrogens is 391 g/mol. The van der Waals surface area contributed by atoms with E-state index in [-0.39, 0.29) is 22.9 Å². The molecule has 1 fully saturated rings. The molecule has 0 radical (unpaired) electrons. The summed E-state index contributed by atoms with van der Waals surface area (Å²) in [6, 6.07) is 3.28. The molecule has 1 aliphatic heterocycles. The van der Waals surface area contributed by atoms with E-state index in [0.29, 0.717) is 5.02 Å². The lowest BCUT2D eigenvalue weighted by molar-refractivity contribution is -0.140. The predicted molar refractivity (Wildman–Crippen MR) is 95.1 cm³/mol. The normalized spacial score (nSPS) is 18.4. The second-order valence-electron chi connectivity index (χ2n) is 5.28. The quantitative estimate of drug-likeness (QED) is 0.702. The Kier molecular flexibility index (Phi) is 6.31. The minimum absolute atomic E-state index is 0.0409. The average molecular weight is 405 g/mol. The zero-order valence-electron chi connectivity index (χ0n) is 13.0. The predicted octanol–water partition coefficient (Wildman–Crippen LogP) is 1.95. The van der Waals surface area contributed by atoms with E-state index < -0.39 is 35.0 Å². The summed E-state index contributed by atoms with van der Waals surface area (Å²) in [6.07, 6.45) is -0.0745. The Balaban J connectivity index is 2.10. The van der Waals surface area contributed by atoms with Crippen LogP contribution in [0, 0.1) is 0 Å². The van der Waals surface area contributed by atoms with Crippen LogP contribution in [0.3, 0.4) is 0 Å². The lowest BCUT2D eigenvalue weighted by Crippen LogP contribution is -2.42. The van der Waals surface area contributed by atoms with Crippen LogP contribution < -0.4 is 10.2 Å². The Labute approximate surface area is 157 Å². The lowest BCUT2D eigenvalue weighted by atomic mass is 10.3. The van der Waals surface area contributed by atoms with Gasteiger partial charge < -0.3 is 10.4 Å². The van der Waals surface area contributed by atoms with E-state index in [1.807, 2.05) is 0 Å². The van der Waals surface area contributed by atoms with Crippen molar-refractivity contribution in [2.75, 3.05) is 10.7 Å². The van der Waals surface area contributed by atoms with Gasteiger partial charge in [0, 0.05) is 24.1 Å². The van der Waals surface area contributed by atoms with Crippen molar-refractivity contribution in [2.45, 2.75) is 24.6 Å². The summed E-state index contributed by atoms with van der Waals surface area (Å²) in [5.41, 5.74) is 0.237. The molecule has 1 saturated heterocycles. The fraction of sp³-hybridized carbons (Fsp3) is 0.333. The molecule has 0 aromatic heterocycles. The molecule has 3 amide bonds. The highest BCUT2D eigenvalue weighted by Gasteiger charge is 2.41. The van der Waals surface area contributed by atoms with Gasteiger partial charge in [-0.3, -0.25) is 14.4 Å². The standard InChI is InChI=1S/C15H14Cl2N2O5S/c1-7(20)18-10(15(23)24)6-25-12-5-13(21)19(14(12)22)11-3-2-8(16)4-9(11)17/h2-4,10,12H,5-6H2,1H3,(H,18,20)(H,23,24). The molecule has 2 atom stereocenters. The van der Waals surface area contributed by atoms with Gasteiger partial charge in [-0.15, -0.1) is 11.8 Å². The topological polar surface area (TPSA) is 104 Å². The van der Waals surface area contributed by atoms with Crippen LogP contribution in [0.2, 0.25) is 10.0 Å². The third-order valence-electron chi connectivity index (χ3n) is 3.40. The van der Waals surface area contributed by atoms with Crippen molar-refractivity contribution in [3.63, 3.8) is 0 Å². The number of benzene rings is 1. The van der Waals surface area contributed by atoms with Crippen molar-refractivity contribution in [1.29, 1.82) is 0 Å². The van der Waals surface area contributed by atoms with Gasteiger partial charge in [0.25, 0.3) is 0 Å². The van der Waals surface area contributed by atoms with Gasteiger partial charge in [0.05, 0.1) is 16.0 Å². The van der Waals surface area contributed by atoms with E-state index in [2.05, 4.69) is 5.32 Å². The zero-order valence-corrected chi connectivity index (χ0v) is 15.3. The molecule has 134 valence electrons. The van der Waals surface area contributed by atoms with Crippen molar-refractivity contribution >= 4 is 64.3 Å². The minimum atomic E-state index is -1.21. The number of imide groups is 1. The van der Waals surface area contributed by atoms with Crippen LogP contribution in [0.4, 0.5) is 5.69 Å². The number of amides is 3. The number of carbonyl (C=O) groups is 4. The number of rotatable bonds is 6.